The number of nitrogens with one attached hydrogen (secondary N) is 2. The second-order valence-electron chi connectivity index (χ2n) is 3.60. The molecule has 7 heteroatoms. The molecule has 0 unspecified atom stereocenters. The van der Waals surface area contributed by atoms with Crippen LogP contribution in [0.15, 0.2) is 0 Å². The molecule has 6 nitrogen and oxygen atoms in total. The monoisotopic (exact) mass is 271 g/mol. The van der Waals surface area contributed by atoms with Crippen LogP contribution in [0.25, 0.3) is 0 Å². The number of ether oxygens (including phenoxy) is 1. The molecule has 100 valence electrons. The van der Waals surface area contributed by atoms with Gasteiger partial charge in [0.25, 0.3) is 5.91 Å². The smallest absolute Gasteiger partial charge is 0.256 e. The van der Waals surface area contributed by atoms with Gasteiger partial charge >= 0.3 is 0 Å². The zero-order valence-electron chi connectivity index (χ0n) is 10.6. The Hall–Kier alpha value is -1.60. The van der Waals surface area contributed by atoms with E-state index >= 15 is 0 Å². The number of rotatable bonds is 6. The Morgan fingerprint density at radius 2 is 2.11 bits per heavy atom. The predicted molar refractivity (Wildman–Crippen MR) is 72.5 cm³/mol. The van der Waals surface area contributed by atoms with E-state index in [4.69, 9.17) is 10.5 Å². The first kappa shape index (κ1) is 14.5. The summed E-state index contributed by atoms with van der Waals surface area (Å²) in [6.45, 7) is 2.47. The van der Waals surface area contributed by atoms with E-state index in [0.29, 0.717) is 28.6 Å². The third-order valence-electron chi connectivity index (χ3n) is 2.31. The van der Waals surface area contributed by atoms with Gasteiger partial charge in [-0.05, 0) is 0 Å². The topological polar surface area (TPSA) is 93.5 Å². The summed E-state index contributed by atoms with van der Waals surface area (Å²) in [7, 11) is 3.11. The normalized spacial score (nSPS) is 10.2. The standard InChI is InChI=1S/C11H17N3O3S/c1-6(15)9-8(12)7(10(16)13-2)11(18-9)14-4-5-17-3/h14H,4-5,12H2,1-3H3,(H,13,16). The minimum atomic E-state index is -0.309. The quantitative estimate of drug-likeness (QED) is 0.529. The number of ketones is 1. The van der Waals surface area contributed by atoms with Crippen molar-refractivity contribution < 1.29 is 14.3 Å². The van der Waals surface area contributed by atoms with Gasteiger partial charge in [0.15, 0.2) is 5.78 Å². The Bertz CT molecular complexity index is 457. The van der Waals surface area contributed by atoms with Crippen molar-refractivity contribution in [3.63, 3.8) is 0 Å². The third kappa shape index (κ3) is 2.99. The van der Waals surface area contributed by atoms with Gasteiger partial charge in [0.1, 0.15) is 5.00 Å². The highest BCUT2D eigenvalue weighted by Crippen LogP contribution is 2.35. The van der Waals surface area contributed by atoms with Crippen LogP contribution in [-0.2, 0) is 4.74 Å². The molecule has 0 atom stereocenters. The lowest BCUT2D eigenvalue weighted by molar-refractivity contribution is 0.0965. The first-order chi connectivity index (χ1) is 8.52. The summed E-state index contributed by atoms with van der Waals surface area (Å²) < 4.78 is 4.92. The number of carbonyl (C=O) groups is 2. The molecule has 1 amide bonds. The molecular formula is C11H17N3O3S. The van der Waals surface area contributed by atoms with E-state index in [-0.39, 0.29) is 17.4 Å². The molecule has 0 aliphatic rings. The molecule has 0 saturated heterocycles. The number of anilines is 2. The maximum atomic E-state index is 11.8. The number of thiophene rings is 1. The lowest BCUT2D eigenvalue weighted by Gasteiger charge is -2.06. The maximum Gasteiger partial charge on any atom is 0.256 e. The average molecular weight is 271 g/mol. The molecular weight excluding hydrogens is 254 g/mol. The molecule has 18 heavy (non-hydrogen) atoms. The van der Waals surface area contributed by atoms with Gasteiger partial charge in [0, 0.05) is 27.6 Å². The highest BCUT2D eigenvalue weighted by Gasteiger charge is 2.22. The van der Waals surface area contributed by atoms with Crippen LogP contribution in [0.5, 0.6) is 0 Å². The summed E-state index contributed by atoms with van der Waals surface area (Å²) in [6.07, 6.45) is 0. The van der Waals surface area contributed by atoms with Gasteiger partial charge < -0.3 is 21.1 Å². The van der Waals surface area contributed by atoms with Gasteiger partial charge in [0.2, 0.25) is 0 Å². The molecule has 0 aliphatic carbocycles. The molecule has 0 spiro atoms. The van der Waals surface area contributed by atoms with Crippen LogP contribution >= 0.6 is 11.3 Å². The number of Topliss-reactive ketones (excluding diaryl/α,β-unsaturated/α-hetero) is 1. The number of amides is 1. The van der Waals surface area contributed by atoms with Crippen LogP contribution in [-0.4, -0.2) is 39.0 Å². The van der Waals surface area contributed by atoms with Crippen LogP contribution in [0.3, 0.4) is 0 Å². The molecule has 0 aromatic carbocycles. The lowest BCUT2D eigenvalue weighted by Crippen LogP contribution is -2.20. The Balaban J connectivity index is 3.09. The highest BCUT2D eigenvalue weighted by atomic mass is 32.1. The van der Waals surface area contributed by atoms with Crippen molar-refractivity contribution in [1.82, 2.24) is 5.32 Å². The summed E-state index contributed by atoms with van der Waals surface area (Å²) >= 11 is 1.19. The van der Waals surface area contributed by atoms with E-state index in [1.165, 1.54) is 25.3 Å². The fraction of sp³-hybridized carbons (Fsp3) is 0.455. The molecule has 1 rings (SSSR count). The van der Waals surface area contributed by atoms with Gasteiger partial charge in [-0.2, -0.15) is 0 Å². The molecule has 4 N–H and O–H groups in total. The van der Waals surface area contributed by atoms with E-state index in [0.717, 1.165) is 0 Å². The van der Waals surface area contributed by atoms with Gasteiger partial charge in [-0.15, -0.1) is 11.3 Å². The molecule has 0 saturated carbocycles. The van der Waals surface area contributed by atoms with Gasteiger partial charge in [-0.1, -0.05) is 0 Å². The number of hydrogen-bond donors (Lipinski definition) is 3. The Kier molecular flexibility index (Phi) is 5.11. The van der Waals surface area contributed by atoms with Crippen LogP contribution in [0.4, 0.5) is 10.7 Å². The Morgan fingerprint density at radius 1 is 1.44 bits per heavy atom. The van der Waals surface area contributed by atoms with Crippen LogP contribution in [0.1, 0.15) is 27.0 Å². The fourth-order valence-corrected chi connectivity index (χ4v) is 2.49. The second-order valence-corrected chi connectivity index (χ2v) is 4.62. The SMILES string of the molecule is CNC(=O)c1c(NCCOC)sc(C(C)=O)c1N. The van der Waals surface area contributed by atoms with Crippen molar-refractivity contribution in [2.24, 2.45) is 0 Å². The van der Waals surface area contributed by atoms with Crippen LogP contribution in [0, 0.1) is 0 Å². The fourth-order valence-electron chi connectivity index (χ4n) is 1.45. The summed E-state index contributed by atoms with van der Waals surface area (Å²) in [5, 5.41) is 6.15. The number of carbonyl (C=O) groups excluding carboxylic acids is 2. The van der Waals surface area contributed by atoms with Crippen molar-refractivity contribution in [2.45, 2.75) is 6.92 Å². The molecule has 0 radical (unpaired) electrons. The van der Waals surface area contributed by atoms with Crippen molar-refractivity contribution in [3.05, 3.63) is 10.4 Å². The van der Waals surface area contributed by atoms with Crippen molar-refractivity contribution in [3.8, 4) is 0 Å². The first-order valence-electron chi connectivity index (χ1n) is 5.41. The zero-order valence-corrected chi connectivity index (χ0v) is 11.4. The maximum absolute atomic E-state index is 11.8. The van der Waals surface area contributed by atoms with Crippen molar-refractivity contribution in [2.75, 3.05) is 38.4 Å². The minimum absolute atomic E-state index is 0.151. The zero-order chi connectivity index (χ0) is 13.7. The Labute approximate surface area is 110 Å². The lowest BCUT2D eigenvalue weighted by atomic mass is 10.2. The van der Waals surface area contributed by atoms with Gasteiger partial charge in [0.05, 0.1) is 22.7 Å². The van der Waals surface area contributed by atoms with E-state index in [9.17, 15) is 9.59 Å². The molecule has 1 heterocycles. The van der Waals surface area contributed by atoms with E-state index in [2.05, 4.69) is 10.6 Å². The summed E-state index contributed by atoms with van der Waals surface area (Å²) in [4.78, 5) is 23.6. The summed E-state index contributed by atoms with van der Waals surface area (Å²) in [5.74, 6) is -0.460. The average Bonchev–Trinajstić information content (AvgIpc) is 2.66. The van der Waals surface area contributed by atoms with Gasteiger partial charge in [-0.3, -0.25) is 9.59 Å². The molecule has 1 aromatic rings. The van der Waals surface area contributed by atoms with Crippen LogP contribution < -0.4 is 16.4 Å². The summed E-state index contributed by atoms with van der Waals surface area (Å²) in [6, 6.07) is 0. The largest absolute Gasteiger partial charge is 0.397 e. The molecule has 0 fully saturated rings. The second kappa shape index (κ2) is 6.36. The minimum Gasteiger partial charge on any atom is -0.397 e. The number of methoxy groups -OCH3 is 1. The van der Waals surface area contributed by atoms with Crippen molar-refractivity contribution in [1.29, 1.82) is 0 Å². The predicted octanol–water partition coefficient (Wildman–Crippen LogP) is 0.951. The Morgan fingerprint density at radius 3 is 2.61 bits per heavy atom. The summed E-state index contributed by atoms with van der Waals surface area (Å²) in [5.41, 5.74) is 6.39. The third-order valence-corrected chi connectivity index (χ3v) is 3.57. The van der Waals surface area contributed by atoms with Crippen LogP contribution in [0.2, 0.25) is 0 Å². The molecule has 0 bridgehead atoms. The number of nitrogens with two attached hydrogens (primary N) is 1. The van der Waals surface area contributed by atoms with E-state index in [1.54, 1.807) is 7.11 Å². The molecule has 0 aliphatic heterocycles. The van der Waals surface area contributed by atoms with Crippen molar-refractivity contribution >= 4 is 33.7 Å². The van der Waals surface area contributed by atoms with E-state index in [1.807, 2.05) is 0 Å². The molecule has 1 aromatic heterocycles. The number of hydrogen-bond acceptors (Lipinski definition) is 6. The number of nitrogen functional groups attached to an aromatic ring is 1. The highest BCUT2D eigenvalue weighted by molar-refractivity contribution is 7.19. The first-order valence-corrected chi connectivity index (χ1v) is 6.22. The van der Waals surface area contributed by atoms with E-state index < -0.39 is 0 Å². The van der Waals surface area contributed by atoms with Gasteiger partial charge in [-0.25, -0.2) is 0 Å².